The van der Waals surface area contributed by atoms with E-state index in [4.69, 9.17) is 4.52 Å². The first-order chi connectivity index (χ1) is 19.8. The van der Waals surface area contributed by atoms with Gasteiger partial charge in [0.2, 0.25) is 5.91 Å². The molecule has 2 N–H and O–H groups in total. The van der Waals surface area contributed by atoms with E-state index in [-0.39, 0.29) is 29.0 Å². The second kappa shape index (κ2) is 12.9. The van der Waals surface area contributed by atoms with Crippen LogP contribution < -0.4 is 5.32 Å². The Bertz CT molecular complexity index is 1350. The summed E-state index contributed by atoms with van der Waals surface area (Å²) >= 11 is 0. The van der Waals surface area contributed by atoms with Crippen molar-refractivity contribution in [1.29, 1.82) is 0 Å². The van der Waals surface area contributed by atoms with Gasteiger partial charge in [-0.25, -0.2) is 8.78 Å². The molecule has 2 aromatic carbocycles. The molecule has 1 aliphatic carbocycles. The Labute approximate surface area is 238 Å². The molecule has 2 fully saturated rings. The number of carbonyl (C=O) groups excluding carboxylic acids is 2. The summed E-state index contributed by atoms with van der Waals surface area (Å²) in [6.45, 7) is 1.59. The smallest absolute Gasteiger partial charge is 0.273 e. The Morgan fingerprint density at radius 3 is 2.63 bits per heavy atom. The second-order valence-electron chi connectivity index (χ2n) is 11.1. The topological polar surface area (TPSA) is 98.9 Å². The number of aromatic nitrogens is 1. The molecule has 1 saturated carbocycles. The van der Waals surface area contributed by atoms with Crippen LogP contribution in [0.3, 0.4) is 0 Å². The lowest BCUT2D eigenvalue weighted by atomic mass is 9.85. The number of aliphatic hydroxyl groups is 1. The number of piperidine rings is 1. The molecule has 2 amide bonds. The maximum atomic E-state index is 14.2. The first-order valence-corrected chi connectivity index (χ1v) is 14.2. The Morgan fingerprint density at radius 2 is 1.88 bits per heavy atom. The fourth-order valence-corrected chi connectivity index (χ4v) is 5.99. The van der Waals surface area contributed by atoms with Gasteiger partial charge in [-0.3, -0.25) is 14.5 Å². The Kier molecular flexibility index (Phi) is 9.09. The number of likely N-dealkylation sites (N-methyl/N-ethyl adjacent to an activating group) is 1. The Hall–Kier alpha value is -3.63. The molecule has 0 bridgehead atoms. The summed E-state index contributed by atoms with van der Waals surface area (Å²) < 4.78 is 32.7. The van der Waals surface area contributed by atoms with E-state index < -0.39 is 35.6 Å². The van der Waals surface area contributed by atoms with Crippen LogP contribution in [-0.2, 0) is 11.2 Å². The van der Waals surface area contributed by atoms with Crippen molar-refractivity contribution >= 4 is 11.8 Å². The van der Waals surface area contributed by atoms with Crippen LogP contribution in [-0.4, -0.2) is 76.7 Å². The van der Waals surface area contributed by atoms with Crippen molar-refractivity contribution in [2.24, 2.45) is 5.92 Å². The Morgan fingerprint density at radius 1 is 1.10 bits per heavy atom. The molecule has 0 unspecified atom stereocenters. The van der Waals surface area contributed by atoms with E-state index >= 15 is 0 Å². The highest BCUT2D eigenvalue weighted by Crippen LogP contribution is 2.29. The molecule has 41 heavy (non-hydrogen) atoms. The third-order valence-corrected chi connectivity index (χ3v) is 8.34. The lowest BCUT2D eigenvalue weighted by Crippen LogP contribution is -2.59. The van der Waals surface area contributed by atoms with Crippen LogP contribution in [0.25, 0.3) is 11.3 Å². The van der Waals surface area contributed by atoms with E-state index in [0.29, 0.717) is 32.5 Å². The molecule has 2 aliphatic rings. The molecule has 4 atom stereocenters. The van der Waals surface area contributed by atoms with Gasteiger partial charge in [0.25, 0.3) is 5.91 Å². The average Bonchev–Trinajstić information content (AvgIpc) is 3.47. The van der Waals surface area contributed by atoms with Gasteiger partial charge in [-0.1, -0.05) is 48.3 Å². The summed E-state index contributed by atoms with van der Waals surface area (Å²) in [6.07, 6.45) is 4.47. The number of benzene rings is 2. The van der Waals surface area contributed by atoms with Gasteiger partial charge in [-0.15, -0.1) is 0 Å². The number of rotatable bonds is 8. The van der Waals surface area contributed by atoms with Crippen molar-refractivity contribution in [2.75, 3.05) is 26.7 Å². The minimum atomic E-state index is -0.824. The summed E-state index contributed by atoms with van der Waals surface area (Å²) in [4.78, 5) is 30.9. The third kappa shape index (κ3) is 6.82. The predicted molar refractivity (Wildman–Crippen MR) is 149 cm³/mol. The van der Waals surface area contributed by atoms with Gasteiger partial charge in [-0.2, -0.15) is 0 Å². The fraction of sp³-hybridized carbons (Fsp3) is 0.452. The van der Waals surface area contributed by atoms with Crippen LogP contribution in [0.2, 0.25) is 0 Å². The minimum Gasteiger partial charge on any atom is -0.391 e. The first kappa shape index (κ1) is 28.9. The molecule has 218 valence electrons. The fourth-order valence-electron chi connectivity index (χ4n) is 5.99. The zero-order valence-corrected chi connectivity index (χ0v) is 23.1. The molecule has 0 spiro atoms. The molecule has 1 aliphatic heterocycles. The zero-order valence-electron chi connectivity index (χ0n) is 23.1. The SMILES string of the molecule is CN(CCc1ccccc1)C(=O)[C@@H]1CN([C@@H]2CCCC[C@@H]2O)CC[C@H]1NC(=O)c1cc(-c2ccc(F)cc2F)on1. The van der Waals surface area contributed by atoms with Gasteiger partial charge < -0.3 is 19.8 Å². The largest absolute Gasteiger partial charge is 0.391 e. The summed E-state index contributed by atoms with van der Waals surface area (Å²) in [5, 5.41) is 17.5. The van der Waals surface area contributed by atoms with Gasteiger partial charge in [-0.05, 0) is 43.4 Å². The Balaban J connectivity index is 1.30. The molecule has 3 aromatic rings. The van der Waals surface area contributed by atoms with E-state index in [0.717, 1.165) is 43.4 Å². The highest BCUT2D eigenvalue weighted by molar-refractivity contribution is 5.94. The monoisotopic (exact) mass is 566 g/mol. The normalized spacial score (nSPS) is 23.2. The molecule has 1 aromatic heterocycles. The van der Waals surface area contributed by atoms with E-state index in [1.54, 1.807) is 11.9 Å². The molecule has 10 heteroatoms. The number of hydrogen-bond donors (Lipinski definition) is 2. The van der Waals surface area contributed by atoms with E-state index in [1.807, 2.05) is 30.3 Å². The molecule has 1 saturated heterocycles. The average molecular weight is 567 g/mol. The van der Waals surface area contributed by atoms with Gasteiger partial charge in [0.1, 0.15) is 11.6 Å². The number of nitrogens with zero attached hydrogens (tertiary/aromatic N) is 3. The van der Waals surface area contributed by atoms with Crippen LogP contribution in [0.1, 0.15) is 48.2 Å². The van der Waals surface area contributed by atoms with Crippen LogP contribution in [0.4, 0.5) is 8.78 Å². The van der Waals surface area contributed by atoms with Crippen molar-refractivity contribution in [3.63, 3.8) is 0 Å². The van der Waals surface area contributed by atoms with Crippen LogP contribution in [0.5, 0.6) is 0 Å². The van der Waals surface area contributed by atoms with Gasteiger partial charge in [0.05, 0.1) is 17.6 Å². The molecule has 5 rings (SSSR count). The molecule has 2 heterocycles. The standard InChI is InChI=1S/C31H36F2N4O4/c1-36(15-13-20-7-3-2-4-8-20)31(40)23-19-37(27-9-5-6-10-28(27)38)16-14-25(23)34-30(39)26-18-29(41-35-26)22-12-11-21(32)17-24(22)33/h2-4,7-8,11-12,17-18,23,25,27-28,38H,5-6,9-10,13-16,19H2,1H3,(H,34,39)/t23-,25-,27-,28+/m1/s1. The van der Waals surface area contributed by atoms with E-state index in [9.17, 15) is 23.5 Å². The van der Waals surface area contributed by atoms with Crippen LogP contribution >= 0.6 is 0 Å². The van der Waals surface area contributed by atoms with E-state index in [1.165, 1.54) is 12.1 Å². The quantitative estimate of drug-likeness (QED) is 0.427. The minimum absolute atomic E-state index is 0.00188. The van der Waals surface area contributed by atoms with Crippen LogP contribution in [0, 0.1) is 17.6 Å². The van der Waals surface area contributed by atoms with Gasteiger partial charge in [0.15, 0.2) is 11.5 Å². The summed E-state index contributed by atoms with van der Waals surface area (Å²) in [6, 6.07) is 13.8. The number of amides is 2. The number of hydrogen-bond acceptors (Lipinski definition) is 6. The lowest BCUT2D eigenvalue weighted by Gasteiger charge is -2.45. The summed E-state index contributed by atoms with van der Waals surface area (Å²) in [5.74, 6) is -2.68. The zero-order chi connectivity index (χ0) is 28.9. The summed E-state index contributed by atoms with van der Waals surface area (Å²) in [5.41, 5.74) is 1.06. The maximum absolute atomic E-state index is 14.2. The summed E-state index contributed by atoms with van der Waals surface area (Å²) in [7, 11) is 1.78. The number of halogens is 2. The first-order valence-electron chi connectivity index (χ1n) is 14.2. The highest BCUT2D eigenvalue weighted by atomic mass is 19.1. The lowest BCUT2D eigenvalue weighted by molar-refractivity contribution is -0.138. The van der Waals surface area contributed by atoms with Crippen molar-refractivity contribution in [3.05, 3.63) is 77.5 Å². The van der Waals surface area contributed by atoms with Gasteiger partial charge in [0, 0.05) is 50.9 Å². The molecule has 8 nitrogen and oxygen atoms in total. The molecular weight excluding hydrogens is 530 g/mol. The number of nitrogens with one attached hydrogen (secondary N) is 1. The van der Waals surface area contributed by atoms with Crippen molar-refractivity contribution in [1.82, 2.24) is 20.3 Å². The van der Waals surface area contributed by atoms with Crippen molar-refractivity contribution in [3.8, 4) is 11.3 Å². The predicted octanol–water partition coefficient (Wildman–Crippen LogP) is 4.04. The highest BCUT2D eigenvalue weighted by Gasteiger charge is 2.41. The third-order valence-electron chi connectivity index (χ3n) is 8.34. The number of likely N-dealkylation sites (tertiary alicyclic amines) is 1. The number of carbonyl (C=O) groups is 2. The van der Waals surface area contributed by atoms with E-state index in [2.05, 4.69) is 15.4 Å². The van der Waals surface area contributed by atoms with Crippen molar-refractivity contribution < 1.29 is 28.0 Å². The molecular formula is C31H36F2N4O4. The van der Waals surface area contributed by atoms with Crippen molar-refractivity contribution in [2.45, 2.75) is 56.7 Å². The number of aliphatic hydroxyl groups excluding tert-OH is 1. The van der Waals surface area contributed by atoms with Gasteiger partial charge >= 0.3 is 0 Å². The molecule has 0 radical (unpaired) electrons. The second-order valence-corrected chi connectivity index (χ2v) is 11.1. The maximum Gasteiger partial charge on any atom is 0.273 e. The van der Waals surface area contributed by atoms with Crippen LogP contribution in [0.15, 0.2) is 59.1 Å².